The summed E-state index contributed by atoms with van der Waals surface area (Å²) in [5.41, 5.74) is 2.08. The zero-order valence-electron chi connectivity index (χ0n) is 16.8. The Balaban J connectivity index is 2.92. The van der Waals surface area contributed by atoms with Crippen molar-refractivity contribution in [1.82, 2.24) is 0 Å². The molecule has 1 rings (SSSR count). The van der Waals surface area contributed by atoms with E-state index in [0.29, 0.717) is 13.2 Å². The topological polar surface area (TPSA) is 47.6 Å². The minimum absolute atomic E-state index is 0.0737. The summed E-state index contributed by atoms with van der Waals surface area (Å²) in [6, 6.07) is 3.94. The van der Waals surface area contributed by atoms with Crippen LogP contribution in [-0.4, -0.2) is 24.7 Å². The molecule has 4 nitrogen and oxygen atoms in total. The van der Waals surface area contributed by atoms with E-state index in [2.05, 4.69) is 26.1 Å². The van der Waals surface area contributed by atoms with E-state index < -0.39 is 5.60 Å². The van der Waals surface area contributed by atoms with Gasteiger partial charge in [0.1, 0.15) is 11.4 Å². The summed E-state index contributed by atoms with van der Waals surface area (Å²) in [7, 11) is 0. The van der Waals surface area contributed by atoms with Gasteiger partial charge in [0.25, 0.3) is 5.91 Å². The molecule has 0 spiro atoms. The molecule has 0 aliphatic carbocycles. The molecule has 0 heterocycles. The van der Waals surface area contributed by atoms with Crippen LogP contribution in [0.2, 0.25) is 0 Å². The maximum Gasteiger partial charge on any atom is 0.256 e. The van der Waals surface area contributed by atoms with Gasteiger partial charge in [0.15, 0.2) is 0 Å². The molecule has 1 N–H and O–H groups in total. The van der Waals surface area contributed by atoms with Gasteiger partial charge in [-0.15, -0.1) is 0 Å². The van der Waals surface area contributed by atoms with Crippen LogP contribution in [0.3, 0.4) is 0 Å². The van der Waals surface area contributed by atoms with E-state index in [1.165, 1.54) is 0 Å². The molecular weight excluding hydrogens is 314 g/mol. The van der Waals surface area contributed by atoms with Gasteiger partial charge in [0, 0.05) is 12.3 Å². The Bertz CT molecular complexity index is 523. The highest BCUT2D eigenvalue weighted by atomic mass is 16.5. The number of nitrogens with one attached hydrogen (secondary N) is 1. The molecule has 142 valence electrons. The van der Waals surface area contributed by atoms with Gasteiger partial charge < -0.3 is 14.8 Å². The van der Waals surface area contributed by atoms with Crippen molar-refractivity contribution in [2.45, 2.75) is 79.2 Å². The van der Waals surface area contributed by atoms with Crippen molar-refractivity contribution in [2.24, 2.45) is 0 Å². The van der Waals surface area contributed by atoms with Crippen LogP contribution < -0.4 is 10.1 Å². The second-order valence-corrected chi connectivity index (χ2v) is 6.92. The van der Waals surface area contributed by atoms with Crippen molar-refractivity contribution in [1.29, 1.82) is 0 Å². The zero-order chi connectivity index (χ0) is 18.9. The normalized spacial score (nSPS) is 13.4. The molecule has 1 unspecified atom stereocenters. The van der Waals surface area contributed by atoms with Crippen LogP contribution in [0.4, 0.5) is 5.69 Å². The van der Waals surface area contributed by atoms with Gasteiger partial charge in [-0.2, -0.15) is 0 Å². The summed E-state index contributed by atoms with van der Waals surface area (Å²) in [4.78, 5) is 12.9. The number of ether oxygens (including phenoxy) is 2. The fraction of sp³-hybridized carbons (Fsp3) is 0.667. The van der Waals surface area contributed by atoms with Gasteiger partial charge >= 0.3 is 0 Å². The van der Waals surface area contributed by atoms with Gasteiger partial charge in [0.2, 0.25) is 0 Å². The number of hydrogen-bond donors (Lipinski definition) is 1. The second-order valence-electron chi connectivity index (χ2n) is 6.92. The molecule has 4 heteroatoms. The monoisotopic (exact) mass is 349 g/mol. The van der Waals surface area contributed by atoms with Gasteiger partial charge in [-0.3, -0.25) is 4.79 Å². The second kappa shape index (κ2) is 10.4. The molecule has 1 aromatic carbocycles. The zero-order valence-corrected chi connectivity index (χ0v) is 16.8. The third kappa shape index (κ3) is 6.35. The fourth-order valence-corrected chi connectivity index (χ4v) is 2.81. The van der Waals surface area contributed by atoms with Crippen molar-refractivity contribution >= 4 is 11.6 Å². The first-order valence-electron chi connectivity index (χ1n) is 9.57. The first kappa shape index (κ1) is 21.5. The molecule has 1 atom stereocenters. The largest absolute Gasteiger partial charge is 0.493 e. The third-order valence-corrected chi connectivity index (χ3v) is 4.28. The average molecular weight is 350 g/mol. The number of unbranched alkanes of at least 4 members (excludes halogenated alkanes) is 1. The van der Waals surface area contributed by atoms with Gasteiger partial charge in [-0.25, -0.2) is 0 Å². The summed E-state index contributed by atoms with van der Waals surface area (Å²) in [6.07, 6.45) is 4.61. The molecule has 0 radical (unpaired) electrons. The Morgan fingerprint density at radius 1 is 1.04 bits per heavy atom. The van der Waals surface area contributed by atoms with Crippen molar-refractivity contribution in [3.05, 3.63) is 23.3 Å². The first-order valence-corrected chi connectivity index (χ1v) is 9.57. The lowest BCUT2D eigenvalue weighted by Crippen LogP contribution is -2.43. The molecule has 0 aliphatic rings. The molecule has 0 aromatic heterocycles. The molecule has 1 aromatic rings. The summed E-state index contributed by atoms with van der Waals surface area (Å²) in [5.74, 6) is 0.839. The predicted octanol–water partition coefficient (Wildman–Crippen LogP) is 5.41. The lowest BCUT2D eigenvalue weighted by atomic mass is 9.97. The fourth-order valence-electron chi connectivity index (χ4n) is 2.81. The number of hydrogen-bond acceptors (Lipinski definition) is 3. The van der Waals surface area contributed by atoms with E-state index in [-0.39, 0.29) is 5.91 Å². The van der Waals surface area contributed by atoms with Crippen LogP contribution in [0, 0.1) is 13.8 Å². The van der Waals surface area contributed by atoms with Gasteiger partial charge in [-0.05, 0) is 63.3 Å². The highest BCUT2D eigenvalue weighted by Gasteiger charge is 2.33. The predicted molar refractivity (Wildman–Crippen MR) is 105 cm³/mol. The molecule has 0 bridgehead atoms. The number of aryl methyl sites for hydroxylation is 2. The number of benzene rings is 1. The summed E-state index contributed by atoms with van der Waals surface area (Å²) >= 11 is 0. The van der Waals surface area contributed by atoms with Crippen LogP contribution in [0.1, 0.15) is 70.9 Å². The van der Waals surface area contributed by atoms with Crippen LogP contribution in [-0.2, 0) is 9.53 Å². The standard InChI is InChI=1S/C21H35NO3/c1-7-10-11-21(6,25-13-9-3)20(23)22-18-14-16(4)19(17(5)15-18)24-12-8-2/h14-15H,7-13H2,1-6H3,(H,22,23). The van der Waals surface area contributed by atoms with Crippen LogP contribution in [0.15, 0.2) is 12.1 Å². The maximum atomic E-state index is 12.9. The summed E-state index contributed by atoms with van der Waals surface area (Å²) in [5, 5.41) is 3.05. The van der Waals surface area contributed by atoms with Crippen LogP contribution in [0.25, 0.3) is 0 Å². The molecule has 0 saturated heterocycles. The first-order chi connectivity index (χ1) is 11.9. The van der Waals surface area contributed by atoms with E-state index in [4.69, 9.17) is 9.47 Å². The summed E-state index contributed by atoms with van der Waals surface area (Å²) < 4.78 is 11.7. The molecule has 0 fully saturated rings. The highest BCUT2D eigenvalue weighted by molar-refractivity contribution is 5.97. The lowest BCUT2D eigenvalue weighted by Gasteiger charge is -2.29. The molecule has 0 aliphatic heterocycles. The molecular formula is C21H35NO3. The Morgan fingerprint density at radius 3 is 2.16 bits per heavy atom. The SMILES string of the molecule is CCCCC(C)(OCCC)C(=O)Nc1cc(C)c(OCCC)c(C)c1. The van der Waals surface area contributed by atoms with Crippen molar-refractivity contribution in [3.8, 4) is 5.75 Å². The van der Waals surface area contributed by atoms with Gasteiger partial charge in [0.05, 0.1) is 6.61 Å². The molecule has 25 heavy (non-hydrogen) atoms. The maximum absolute atomic E-state index is 12.9. The third-order valence-electron chi connectivity index (χ3n) is 4.28. The quantitative estimate of drug-likeness (QED) is 0.581. The number of carbonyl (C=O) groups is 1. The average Bonchev–Trinajstić information content (AvgIpc) is 2.57. The van der Waals surface area contributed by atoms with E-state index >= 15 is 0 Å². The van der Waals surface area contributed by atoms with Crippen molar-refractivity contribution < 1.29 is 14.3 Å². The summed E-state index contributed by atoms with van der Waals surface area (Å²) in [6.45, 7) is 13.5. The van der Waals surface area contributed by atoms with E-state index in [1.807, 2.05) is 32.9 Å². The Labute approximate surface area is 153 Å². The van der Waals surface area contributed by atoms with Crippen LogP contribution in [0.5, 0.6) is 5.75 Å². The molecule has 1 amide bonds. The highest BCUT2D eigenvalue weighted by Crippen LogP contribution is 2.29. The number of carbonyl (C=O) groups excluding carboxylic acids is 1. The molecule has 0 saturated carbocycles. The smallest absolute Gasteiger partial charge is 0.256 e. The lowest BCUT2D eigenvalue weighted by molar-refractivity contribution is -0.140. The van der Waals surface area contributed by atoms with Crippen molar-refractivity contribution in [3.63, 3.8) is 0 Å². The van der Waals surface area contributed by atoms with E-state index in [1.54, 1.807) is 0 Å². The van der Waals surface area contributed by atoms with Crippen LogP contribution >= 0.6 is 0 Å². The number of rotatable bonds is 11. The Hall–Kier alpha value is -1.55. The minimum atomic E-state index is -0.786. The number of amides is 1. The van der Waals surface area contributed by atoms with E-state index in [0.717, 1.165) is 54.7 Å². The Kier molecular flexibility index (Phi) is 8.98. The van der Waals surface area contributed by atoms with Gasteiger partial charge in [-0.1, -0.05) is 33.6 Å². The number of anilines is 1. The van der Waals surface area contributed by atoms with Crippen molar-refractivity contribution in [2.75, 3.05) is 18.5 Å². The van der Waals surface area contributed by atoms with E-state index in [9.17, 15) is 4.79 Å². The Morgan fingerprint density at radius 2 is 1.64 bits per heavy atom. The minimum Gasteiger partial charge on any atom is -0.493 e.